The molecule has 2 heteroatoms. The molecule has 2 fully saturated rings. The second-order valence-corrected chi connectivity index (χ2v) is 7.07. The summed E-state index contributed by atoms with van der Waals surface area (Å²) in [6.45, 7) is 3.58. The third kappa shape index (κ3) is 2.93. The van der Waals surface area contributed by atoms with Crippen molar-refractivity contribution in [2.45, 2.75) is 44.3 Å². The van der Waals surface area contributed by atoms with Gasteiger partial charge in [-0.2, -0.15) is 0 Å². The zero-order valence-corrected chi connectivity index (χ0v) is 12.7. The highest BCUT2D eigenvalue weighted by atomic mass is 15.2. The summed E-state index contributed by atoms with van der Waals surface area (Å²) < 4.78 is 0. The second-order valence-electron chi connectivity index (χ2n) is 7.07. The van der Waals surface area contributed by atoms with Gasteiger partial charge in [-0.1, -0.05) is 42.5 Å². The van der Waals surface area contributed by atoms with Gasteiger partial charge in [0.1, 0.15) is 0 Å². The van der Waals surface area contributed by atoms with Crippen LogP contribution in [0.25, 0.3) is 0 Å². The number of piperidine rings is 1. The van der Waals surface area contributed by atoms with Crippen LogP contribution in [0.5, 0.6) is 0 Å². The summed E-state index contributed by atoms with van der Waals surface area (Å²) in [5.41, 5.74) is 1.44. The van der Waals surface area contributed by atoms with Gasteiger partial charge in [0.2, 0.25) is 0 Å². The molecule has 1 N–H and O–H groups in total. The molecule has 0 bridgehead atoms. The van der Waals surface area contributed by atoms with E-state index >= 15 is 0 Å². The third-order valence-electron chi connectivity index (χ3n) is 5.57. The monoisotopic (exact) mass is 282 g/mol. The maximum Gasteiger partial charge on any atom is 0.0234 e. The quantitative estimate of drug-likeness (QED) is 0.853. The van der Waals surface area contributed by atoms with Crippen LogP contribution in [0.2, 0.25) is 0 Å². The predicted molar refractivity (Wildman–Crippen MR) is 87.0 cm³/mol. The molecule has 2 aliphatic carbocycles. The van der Waals surface area contributed by atoms with E-state index in [0.29, 0.717) is 6.04 Å². The average Bonchev–Trinajstić information content (AvgIpc) is 2.88. The molecule has 0 amide bonds. The first kappa shape index (κ1) is 13.5. The first-order chi connectivity index (χ1) is 10.4. The lowest BCUT2D eigenvalue weighted by Gasteiger charge is -2.44. The minimum absolute atomic E-state index is 0.697. The molecule has 112 valence electrons. The first-order valence-corrected chi connectivity index (χ1v) is 8.57. The molecular weight excluding hydrogens is 256 g/mol. The first-order valence-electron chi connectivity index (χ1n) is 8.57. The number of hydrogen-bond donors (Lipinski definition) is 1. The van der Waals surface area contributed by atoms with Crippen molar-refractivity contribution in [2.24, 2.45) is 11.8 Å². The van der Waals surface area contributed by atoms with E-state index in [9.17, 15) is 0 Å². The van der Waals surface area contributed by atoms with Gasteiger partial charge in [0.25, 0.3) is 0 Å². The Morgan fingerprint density at radius 2 is 2.10 bits per heavy atom. The third-order valence-corrected chi connectivity index (χ3v) is 5.57. The Kier molecular flexibility index (Phi) is 3.83. The smallest absolute Gasteiger partial charge is 0.0234 e. The molecule has 4 unspecified atom stereocenters. The number of nitrogens with zero attached hydrogens (tertiary/aromatic N) is 1. The fourth-order valence-corrected chi connectivity index (χ4v) is 4.39. The molecule has 1 heterocycles. The minimum Gasteiger partial charge on any atom is -0.309 e. The summed E-state index contributed by atoms with van der Waals surface area (Å²) in [6, 6.07) is 12.4. The molecule has 1 aromatic rings. The van der Waals surface area contributed by atoms with Gasteiger partial charge in [-0.05, 0) is 49.6 Å². The van der Waals surface area contributed by atoms with E-state index in [-0.39, 0.29) is 0 Å². The minimum atomic E-state index is 0.697. The number of hydrogen-bond acceptors (Lipinski definition) is 2. The Morgan fingerprint density at radius 3 is 2.95 bits per heavy atom. The van der Waals surface area contributed by atoms with Crippen LogP contribution in [-0.4, -0.2) is 30.1 Å². The fraction of sp³-hybridized carbons (Fsp3) is 0.579. The van der Waals surface area contributed by atoms with Crippen LogP contribution in [0.1, 0.15) is 31.2 Å². The largest absolute Gasteiger partial charge is 0.309 e. The zero-order valence-electron chi connectivity index (χ0n) is 12.7. The van der Waals surface area contributed by atoms with E-state index in [1.165, 1.54) is 44.3 Å². The van der Waals surface area contributed by atoms with E-state index < -0.39 is 0 Å². The number of fused-ring (bicyclic) bond motifs is 1. The molecular formula is C19H26N2. The summed E-state index contributed by atoms with van der Waals surface area (Å²) in [7, 11) is 0. The van der Waals surface area contributed by atoms with Gasteiger partial charge < -0.3 is 5.32 Å². The summed E-state index contributed by atoms with van der Waals surface area (Å²) in [5.74, 6) is 1.81. The molecule has 0 radical (unpaired) electrons. The van der Waals surface area contributed by atoms with Crippen molar-refractivity contribution in [1.29, 1.82) is 0 Å². The van der Waals surface area contributed by atoms with Crippen LogP contribution in [0.4, 0.5) is 0 Å². The van der Waals surface area contributed by atoms with Crippen molar-refractivity contribution in [3.63, 3.8) is 0 Å². The normalized spacial score (nSPS) is 35.4. The zero-order chi connectivity index (χ0) is 14.1. The van der Waals surface area contributed by atoms with E-state index in [2.05, 4.69) is 52.7 Å². The summed E-state index contributed by atoms with van der Waals surface area (Å²) in [5, 5.41) is 3.95. The lowest BCUT2D eigenvalue weighted by atomic mass is 9.71. The number of nitrogens with one attached hydrogen (secondary N) is 1. The Bertz CT molecular complexity index is 496. The fourth-order valence-electron chi connectivity index (χ4n) is 4.39. The maximum atomic E-state index is 3.95. The van der Waals surface area contributed by atoms with Gasteiger partial charge >= 0.3 is 0 Å². The van der Waals surface area contributed by atoms with Crippen LogP contribution < -0.4 is 5.32 Å². The highest BCUT2D eigenvalue weighted by molar-refractivity contribution is 5.15. The SMILES string of the molecule is C1=CC2C(C1)CC2NC1CCCN(Cc2ccccc2)C1. The highest BCUT2D eigenvalue weighted by Crippen LogP contribution is 2.43. The number of rotatable bonds is 4. The standard InChI is InChI=1S/C19H26N2/c1-2-6-15(7-3-1)13-21-11-5-9-17(14-21)20-19-12-16-8-4-10-18(16)19/h1-4,6-7,10,16-20H,5,8-9,11-14H2. The lowest BCUT2D eigenvalue weighted by Crippen LogP contribution is -2.55. The summed E-state index contributed by atoms with van der Waals surface area (Å²) >= 11 is 0. The van der Waals surface area contributed by atoms with Crippen molar-refractivity contribution in [3.05, 3.63) is 48.0 Å². The summed E-state index contributed by atoms with van der Waals surface area (Å²) in [4.78, 5) is 2.62. The Balaban J connectivity index is 1.30. The van der Waals surface area contributed by atoms with Crippen molar-refractivity contribution in [3.8, 4) is 0 Å². The van der Waals surface area contributed by atoms with Gasteiger partial charge in [0.05, 0.1) is 0 Å². The van der Waals surface area contributed by atoms with Crippen molar-refractivity contribution in [1.82, 2.24) is 10.2 Å². The van der Waals surface area contributed by atoms with Crippen LogP contribution in [0, 0.1) is 11.8 Å². The van der Waals surface area contributed by atoms with Crippen molar-refractivity contribution in [2.75, 3.05) is 13.1 Å². The molecule has 4 rings (SSSR count). The Labute approximate surface area is 128 Å². The Hall–Kier alpha value is -1.12. The maximum absolute atomic E-state index is 3.95. The average molecular weight is 282 g/mol. The molecule has 4 atom stereocenters. The van der Waals surface area contributed by atoms with Gasteiger partial charge in [-0.25, -0.2) is 0 Å². The van der Waals surface area contributed by atoms with Crippen LogP contribution in [0.3, 0.4) is 0 Å². The number of benzene rings is 1. The van der Waals surface area contributed by atoms with Crippen molar-refractivity contribution < 1.29 is 0 Å². The number of likely N-dealkylation sites (tertiary alicyclic amines) is 1. The Morgan fingerprint density at radius 1 is 1.19 bits per heavy atom. The molecule has 0 aromatic heterocycles. The molecule has 3 aliphatic rings. The molecule has 1 aliphatic heterocycles. The van der Waals surface area contributed by atoms with Gasteiger partial charge in [0.15, 0.2) is 0 Å². The van der Waals surface area contributed by atoms with Crippen LogP contribution >= 0.6 is 0 Å². The number of allylic oxidation sites excluding steroid dienone is 1. The summed E-state index contributed by atoms with van der Waals surface area (Å²) in [6.07, 6.45) is 10.3. The van der Waals surface area contributed by atoms with Crippen molar-refractivity contribution >= 4 is 0 Å². The van der Waals surface area contributed by atoms with E-state index in [1.807, 2.05) is 0 Å². The predicted octanol–water partition coefficient (Wildman–Crippen LogP) is 3.21. The lowest BCUT2D eigenvalue weighted by molar-refractivity contribution is 0.114. The van der Waals surface area contributed by atoms with Gasteiger partial charge in [-0.15, -0.1) is 0 Å². The molecule has 0 spiro atoms. The van der Waals surface area contributed by atoms with Gasteiger partial charge in [0, 0.05) is 25.2 Å². The molecule has 21 heavy (non-hydrogen) atoms. The van der Waals surface area contributed by atoms with Crippen LogP contribution in [0.15, 0.2) is 42.5 Å². The molecule has 1 saturated heterocycles. The molecule has 2 nitrogen and oxygen atoms in total. The van der Waals surface area contributed by atoms with E-state index in [4.69, 9.17) is 0 Å². The highest BCUT2D eigenvalue weighted by Gasteiger charge is 2.41. The van der Waals surface area contributed by atoms with E-state index in [1.54, 1.807) is 0 Å². The molecule has 1 saturated carbocycles. The van der Waals surface area contributed by atoms with Crippen LogP contribution in [-0.2, 0) is 6.54 Å². The molecule has 1 aromatic carbocycles. The van der Waals surface area contributed by atoms with E-state index in [0.717, 1.165) is 24.4 Å². The van der Waals surface area contributed by atoms with Gasteiger partial charge in [-0.3, -0.25) is 4.90 Å². The topological polar surface area (TPSA) is 15.3 Å². The second kappa shape index (κ2) is 5.94.